The van der Waals surface area contributed by atoms with Crippen LogP contribution in [0.25, 0.3) is 11.8 Å². The van der Waals surface area contributed by atoms with Crippen LogP contribution < -0.4 is 5.73 Å². The number of nitrogens with two attached hydrogens (primary N) is 1. The van der Waals surface area contributed by atoms with Gasteiger partial charge in [0.2, 0.25) is 0 Å². The van der Waals surface area contributed by atoms with Crippen LogP contribution in [0.3, 0.4) is 0 Å². The topological polar surface area (TPSA) is 29.3 Å². The predicted octanol–water partition coefficient (Wildman–Crippen LogP) is 2.16. The van der Waals surface area contributed by atoms with E-state index in [4.69, 9.17) is 5.73 Å². The molecule has 0 aliphatic carbocycles. The van der Waals surface area contributed by atoms with E-state index in [1.807, 2.05) is 42.4 Å². The third-order valence-electron chi connectivity index (χ3n) is 2.32. The van der Waals surface area contributed by atoms with E-state index in [1.54, 1.807) is 0 Å². The average Bonchev–Trinajstić information content (AvgIpc) is 2.12. The minimum Gasteiger partial charge on any atom is -0.398 e. The van der Waals surface area contributed by atoms with Crippen molar-refractivity contribution in [2.24, 2.45) is 0 Å². The molecule has 66 valence electrons. The molecular formula is C11H12N2. The Morgan fingerprint density at radius 1 is 1.38 bits per heavy atom. The van der Waals surface area contributed by atoms with Crippen LogP contribution in [-0.4, -0.2) is 11.9 Å². The van der Waals surface area contributed by atoms with E-state index in [0.29, 0.717) is 0 Å². The maximum atomic E-state index is 5.87. The molecule has 13 heavy (non-hydrogen) atoms. The Labute approximate surface area is 78.0 Å². The molecule has 0 saturated carbocycles. The van der Waals surface area contributed by atoms with Gasteiger partial charge in [0.1, 0.15) is 0 Å². The van der Waals surface area contributed by atoms with Crippen LogP contribution in [0.2, 0.25) is 0 Å². The highest BCUT2D eigenvalue weighted by Crippen LogP contribution is 2.30. The normalized spacial score (nSPS) is 14.5. The lowest BCUT2D eigenvalue weighted by Gasteiger charge is -2.24. The van der Waals surface area contributed by atoms with Crippen molar-refractivity contribution >= 4 is 17.5 Å². The number of anilines is 1. The van der Waals surface area contributed by atoms with Crippen molar-refractivity contribution in [3.63, 3.8) is 0 Å². The number of hydrogen-bond donors (Lipinski definition) is 1. The van der Waals surface area contributed by atoms with E-state index in [0.717, 1.165) is 22.5 Å². The van der Waals surface area contributed by atoms with E-state index in [2.05, 4.69) is 6.58 Å². The van der Waals surface area contributed by atoms with Crippen molar-refractivity contribution in [1.29, 1.82) is 0 Å². The SMILES string of the molecule is C=C1c2c(N)cccc2C=CN1C. The summed E-state index contributed by atoms with van der Waals surface area (Å²) >= 11 is 0. The molecule has 0 aromatic heterocycles. The van der Waals surface area contributed by atoms with Gasteiger partial charge in [-0.05, 0) is 17.7 Å². The summed E-state index contributed by atoms with van der Waals surface area (Å²) in [5, 5.41) is 0. The number of fused-ring (bicyclic) bond motifs is 1. The van der Waals surface area contributed by atoms with E-state index in [9.17, 15) is 0 Å². The zero-order chi connectivity index (χ0) is 9.42. The first-order chi connectivity index (χ1) is 6.20. The van der Waals surface area contributed by atoms with E-state index < -0.39 is 0 Å². The first-order valence-electron chi connectivity index (χ1n) is 4.19. The van der Waals surface area contributed by atoms with Gasteiger partial charge in [0.25, 0.3) is 0 Å². The Morgan fingerprint density at radius 3 is 2.92 bits per heavy atom. The lowest BCUT2D eigenvalue weighted by Crippen LogP contribution is -2.13. The van der Waals surface area contributed by atoms with Crippen molar-refractivity contribution in [1.82, 2.24) is 4.90 Å². The minimum absolute atomic E-state index is 0.790. The lowest BCUT2D eigenvalue weighted by molar-refractivity contribution is 0.657. The fraction of sp³-hybridized carbons (Fsp3) is 0.0909. The molecule has 0 spiro atoms. The molecule has 0 amide bonds. The molecule has 1 aromatic rings. The van der Waals surface area contributed by atoms with Crippen LogP contribution in [0.1, 0.15) is 11.1 Å². The predicted molar refractivity (Wildman–Crippen MR) is 56.7 cm³/mol. The van der Waals surface area contributed by atoms with E-state index >= 15 is 0 Å². The van der Waals surface area contributed by atoms with Crippen molar-refractivity contribution in [3.05, 3.63) is 42.1 Å². The second-order valence-electron chi connectivity index (χ2n) is 3.18. The molecule has 0 atom stereocenters. The highest BCUT2D eigenvalue weighted by Gasteiger charge is 2.13. The van der Waals surface area contributed by atoms with E-state index in [1.165, 1.54) is 0 Å². The monoisotopic (exact) mass is 172 g/mol. The molecule has 1 heterocycles. The fourth-order valence-corrected chi connectivity index (χ4v) is 1.52. The van der Waals surface area contributed by atoms with Crippen molar-refractivity contribution in [2.75, 3.05) is 12.8 Å². The van der Waals surface area contributed by atoms with Crippen LogP contribution >= 0.6 is 0 Å². The molecule has 1 aliphatic heterocycles. The van der Waals surface area contributed by atoms with E-state index in [-0.39, 0.29) is 0 Å². The largest absolute Gasteiger partial charge is 0.398 e. The van der Waals surface area contributed by atoms with Crippen LogP contribution in [0.5, 0.6) is 0 Å². The van der Waals surface area contributed by atoms with Gasteiger partial charge in [-0.15, -0.1) is 0 Å². The molecule has 0 radical (unpaired) electrons. The van der Waals surface area contributed by atoms with Gasteiger partial charge in [-0.1, -0.05) is 18.7 Å². The molecule has 2 nitrogen and oxygen atoms in total. The molecule has 0 bridgehead atoms. The van der Waals surface area contributed by atoms with Gasteiger partial charge in [0.05, 0.1) is 0 Å². The summed E-state index contributed by atoms with van der Waals surface area (Å²) in [6.07, 6.45) is 4.03. The quantitative estimate of drug-likeness (QED) is 0.607. The Morgan fingerprint density at radius 2 is 2.15 bits per heavy atom. The van der Waals surface area contributed by atoms with Gasteiger partial charge >= 0.3 is 0 Å². The zero-order valence-corrected chi connectivity index (χ0v) is 7.62. The Balaban J connectivity index is 2.67. The number of benzene rings is 1. The first-order valence-corrected chi connectivity index (χ1v) is 4.19. The molecule has 1 aliphatic rings. The standard InChI is InChI=1S/C11H12N2/c1-8-11-9(6-7-13(8)2)4-3-5-10(11)12/h3-7H,1,12H2,2H3. The molecule has 0 fully saturated rings. The summed E-state index contributed by atoms with van der Waals surface area (Å²) in [5.74, 6) is 0. The molecule has 2 N–H and O–H groups in total. The fourth-order valence-electron chi connectivity index (χ4n) is 1.52. The van der Waals surface area contributed by atoms with Gasteiger partial charge in [0.15, 0.2) is 0 Å². The van der Waals surface area contributed by atoms with Crippen LogP contribution in [-0.2, 0) is 0 Å². The Kier molecular flexibility index (Phi) is 1.62. The maximum Gasteiger partial charge on any atom is 0.0431 e. The Hall–Kier alpha value is -1.70. The lowest BCUT2D eigenvalue weighted by atomic mass is 10.00. The first kappa shape index (κ1) is 7.92. The smallest absolute Gasteiger partial charge is 0.0431 e. The molecule has 2 rings (SSSR count). The van der Waals surface area contributed by atoms with Gasteiger partial charge < -0.3 is 10.6 Å². The molecule has 1 aromatic carbocycles. The van der Waals surface area contributed by atoms with Crippen LogP contribution in [0.4, 0.5) is 5.69 Å². The second-order valence-corrected chi connectivity index (χ2v) is 3.18. The summed E-state index contributed by atoms with van der Waals surface area (Å²) in [6, 6.07) is 5.90. The van der Waals surface area contributed by atoms with Gasteiger partial charge in [-0.2, -0.15) is 0 Å². The summed E-state index contributed by atoms with van der Waals surface area (Å²) < 4.78 is 0. The number of nitrogen functional groups attached to an aromatic ring is 1. The highest BCUT2D eigenvalue weighted by molar-refractivity contribution is 5.83. The molecule has 0 saturated heterocycles. The molecule has 0 unspecified atom stereocenters. The van der Waals surface area contributed by atoms with Gasteiger partial charge in [-0.25, -0.2) is 0 Å². The van der Waals surface area contributed by atoms with Gasteiger partial charge in [-0.3, -0.25) is 0 Å². The minimum atomic E-state index is 0.790. The summed E-state index contributed by atoms with van der Waals surface area (Å²) in [4.78, 5) is 1.97. The zero-order valence-electron chi connectivity index (χ0n) is 7.62. The number of rotatable bonds is 0. The molecular weight excluding hydrogens is 160 g/mol. The van der Waals surface area contributed by atoms with Crippen molar-refractivity contribution in [2.45, 2.75) is 0 Å². The van der Waals surface area contributed by atoms with Crippen molar-refractivity contribution in [3.8, 4) is 0 Å². The van der Waals surface area contributed by atoms with Crippen molar-refractivity contribution < 1.29 is 0 Å². The van der Waals surface area contributed by atoms with Crippen LogP contribution in [0, 0.1) is 0 Å². The van der Waals surface area contributed by atoms with Gasteiger partial charge in [0, 0.05) is 30.2 Å². The average molecular weight is 172 g/mol. The Bertz CT molecular complexity index is 391. The maximum absolute atomic E-state index is 5.87. The third kappa shape index (κ3) is 1.11. The summed E-state index contributed by atoms with van der Waals surface area (Å²) in [7, 11) is 1.97. The summed E-state index contributed by atoms with van der Waals surface area (Å²) in [5.41, 5.74) is 9.81. The highest BCUT2D eigenvalue weighted by atomic mass is 15.1. The third-order valence-corrected chi connectivity index (χ3v) is 2.32. The summed E-state index contributed by atoms with van der Waals surface area (Å²) in [6.45, 7) is 3.99. The molecule has 2 heteroatoms. The van der Waals surface area contributed by atoms with Crippen LogP contribution in [0.15, 0.2) is 31.0 Å². The number of hydrogen-bond acceptors (Lipinski definition) is 2. The second kappa shape index (κ2) is 2.66. The number of nitrogens with zero attached hydrogens (tertiary/aromatic N) is 1.